The number of phenolic OH excluding ortho intramolecular Hbond substituents is 1. The van der Waals surface area contributed by atoms with Crippen LogP contribution < -0.4 is 9.47 Å². The van der Waals surface area contributed by atoms with Gasteiger partial charge in [-0.05, 0) is 73.5 Å². The first kappa shape index (κ1) is 27.4. The minimum Gasteiger partial charge on any atom is -0.506 e. The molecule has 9 nitrogen and oxygen atoms in total. The molecule has 6 atom stereocenters. The number of hydrogen-bond donors (Lipinski definition) is 2. The van der Waals surface area contributed by atoms with Crippen LogP contribution in [0.15, 0.2) is 29.4 Å². The van der Waals surface area contributed by atoms with Gasteiger partial charge in [0.2, 0.25) is 11.4 Å². The molecule has 2 spiro atoms. The van der Waals surface area contributed by atoms with Crippen LogP contribution in [-0.4, -0.2) is 61.9 Å². The summed E-state index contributed by atoms with van der Waals surface area (Å²) in [6.45, 7) is 13.0. The molecule has 0 radical (unpaired) electrons. The van der Waals surface area contributed by atoms with E-state index in [-0.39, 0.29) is 34.8 Å². The molecular weight excluding hydrogens is 540 g/mol. The number of Topliss-reactive ketones (excluding diaryl/α,β-unsaturated/α-hetero) is 2. The fourth-order valence-corrected chi connectivity index (χ4v) is 8.40. The van der Waals surface area contributed by atoms with Crippen LogP contribution in [0.4, 0.5) is 0 Å². The molecule has 8 rings (SSSR count). The number of ether oxygens (including phenoxy) is 4. The molecule has 3 aliphatic carbocycles. The molecule has 1 aromatic rings. The summed E-state index contributed by atoms with van der Waals surface area (Å²) in [6.07, 6.45) is 7.06. The van der Waals surface area contributed by atoms with Gasteiger partial charge in [-0.2, -0.15) is 0 Å². The lowest BCUT2D eigenvalue weighted by Crippen LogP contribution is -2.80. The number of aliphatic carboxylic acids is 1. The maximum absolute atomic E-state index is 14.8. The summed E-state index contributed by atoms with van der Waals surface area (Å²) in [7, 11) is 0. The fourth-order valence-electron chi connectivity index (χ4n) is 8.40. The summed E-state index contributed by atoms with van der Waals surface area (Å²) in [5, 5.41) is 21.3. The van der Waals surface area contributed by atoms with Crippen LogP contribution in [-0.2, 0) is 25.5 Å². The highest BCUT2D eigenvalue weighted by Crippen LogP contribution is 2.77. The van der Waals surface area contributed by atoms with E-state index in [4.69, 9.17) is 18.9 Å². The van der Waals surface area contributed by atoms with Gasteiger partial charge in [-0.1, -0.05) is 17.7 Å². The van der Waals surface area contributed by atoms with Gasteiger partial charge in [0, 0.05) is 23.5 Å². The molecule has 1 aromatic carbocycles. The van der Waals surface area contributed by atoms with E-state index in [1.807, 2.05) is 53.7 Å². The SMILES string of the molecule is CC(C)=CCc1c2c(c(O)c3c1OC14C5CC(C(=O)C1(CC=C(C)C(=O)O)OC5(C)C)C1OC14C3=O)C=CC(C)(C)O2. The average Bonchev–Trinajstić information content (AvgIpc) is 3.63. The van der Waals surface area contributed by atoms with E-state index in [0.29, 0.717) is 29.7 Å². The number of epoxide rings is 1. The van der Waals surface area contributed by atoms with Crippen LogP contribution in [0.25, 0.3) is 6.08 Å². The lowest BCUT2D eigenvalue weighted by molar-refractivity contribution is -0.192. The minimum atomic E-state index is -1.67. The van der Waals surface area contributed by atoms with Crippen LogP contribution in [0.5, 0.6) is 17.2 Å². The molecule has 3 saturated carbocycles. The third-order valence-corrected chi connectivity index (χ3v) is 10.3. The molecule has 0 aromatic heterocycles. The lowest BCUT2D eigenvalue weighted by Gasteiger charge is -2.58. The van der Waals surface area contributed by atoms with Crippen molar-refractivity contribution in [1.29, 1.82) is 0 Å². The van der Waals surface area contributed by atoms with Crippen LogP contribution in [0.2, 0.25) is 0 Å². The molecule has 2 saturated heterocycles. The predicted octanol–water partition coefficient (Wildman–Crippen LogP) is 4.72. The minimum absolute atomic E-state index is 0.0246. The first-order valence-electron chi connectivity index (χ1n) is 14.5. The van der Waals surface area contributed by atoms with E-state index in [0.717, 1.165) is 5.57 Å². The Balaban J connectivity index is 1.53. The van der Waals surface area contributed by atoms with E-state index < -0.39 is 57.7 Å². The van der Waals surface area contributed by atoms with Gasteiger partial charge in [0.1, 0.15) is 34.5 Å². The second-order valence-corrected chi connectivity index (χ2v) is 13.9. The number of carboxylic acids is 1. The molecule has 42 heavy (non-hydrogen) atoms. The van der Waals surface area contributed by atoms with Gasteiger partial charge < -0.3 is 29.2 Å². The first-order chi connectivity index (χ1) is 19.5. The van der Waals surface area contributed by atoms with Gasteiger partial charge in [-0.25, -0.2) is 4.79 Å². The summed E-state index contributed by atoms with van der Waals surface area (Å²) in [6, 6.07) is 0. The zero-order chi connectivity index (χ0) is 30.4. The maximum Gasteiger partial charge on any atom is 0.330 e. The maximum atomic E-state index is 14.8. The van der Waals surface area contributed by atoms with Crippen LogP contribution in [0.1, 0.15) is 82.8 Å². The third kappa shape index (κ3) is 2.98. The van der Waals surface area contributed by atoms with Gasteiger partial charge in [-0.15, -0.1) is 0 Å². The highest BCUT2D eigenvalue weighted by Gasteiger charge is 2.97. The normalized spacial score (nSPS) is 37.1. The highest BCUT2D eigenvalue weighted by atomic mass is 16.7. The molecular formula is C33H36O9. The highest BCUT2D eigenvalue weighted by molar-refractivity contribution is 6.16. The largest absolute Gasteiger partial charge is 0.506 e. The second kappa shape index (κ2) is 7.94. The van der Waals surface area contributed by atoms with Crippen molar-refractivity contribution < 1.29 is 43.5 Å². The van der Waals surface area contributed by atoms with E-state index in [1.54, 1.807) is 6.08 Å². The Morgan fingerprint density at radius 3 is 2.45 bits per heavy atom. The summed E-state index contributed by atoms with van der Waals surface area (Å²) in [4.78, 5) is 40.9. The number of rotatable bonds is 5. The number of allylic oxidation sites excluding steroid dienone is 2. The predicted molar refractivity (Wildman–Crippen MR) is 151 cm³/mol. The number of hydrogen-bond acceptors (Lipinski definition) is 8. The number of carboxylic acid groups (broad SMARTS) is 1. The van der Waals surface area contributed by atoms with Crippen molar-refractivity contribution >= 4 is 23.6 Å². The van der Waals surface area contributed by atoms with Crippen LogP contribution in [0.3, 0.4) is 0 Å². The molecule has 7 aliphatic rings. The molecule has 2 N–H and O–H groups in total. The van der Waals surface area contributed by atoms with Gasteiger partial charge in [0.05, 0.1) is 17.1 Å². The Morgan fingerprint density at radius 1 is 1.07 bits per heavy atom. The van der Waals surface area contributed by atoms with Crippen molar-refractivity contribution in [2.75, 3.05) is 0 Å². The molecule has 5 fully saturated rings. The van der Waals surface area contributed by atoms with E-state index >= 15 is 0 Å². The van der Waals surface area contributed by atoms with Crippen molar-refractivity contribution in [3.63, 3.8) is 0 Å². The third-order valence-electron chi connectivity index (χ3n) is 10.3. The van der Waals surface area contributed by atoms with Crippen LogP contribution in [0, 0.1) is 11.8 Å². The molecule has 222 valence electrons. The number of fused-ring (bicyclic) bond motifs is 2. The zero-order valence-electron chi connectivity index (χ0n) is 24.9. The number of phenols is 1. The summed E-state index contributed by atoms with van der Waals surface area (Å²) >= 11 is 0. The second-order valence-electron chi connectivity index (χ2n) is 13.9. The van der Waals surface area contributed by atoms with E-state index in [2.05, 4.69) is 0 Å². The Labute approximate surface area is 244 Å². The van der Waals surface area contributed by atoms with Gasteiger partial charge in [0.25, 0.3) is 0 Å². The Hall–Kier alpha value is -3.43. The molecule has 0 amide bonds. The monoisotopic (exact) mass is 576 g/mol. The number of ketones is 2. The summed E-state index contributed by atoms with van der Waals surface area (Å²) in [5.74, 6) is -2.47. The molecule has 4 bridgehead atoms. The van der Waals surface area contributed by atoms with E-state index in [9.17, 15) is 24.6 Å². The topological polar surface area (TPSA) is 132 Å². The van der Waals surface area contributed by atoms with Crippen LogP contribution >= 0.6 is 0 Å². The van der Waals surface area contributed by atoms with Crippen molar-refractivity contribution in [3.8, 4) is 17.2 Å². The van der Waals surface area contributed by atoms with Crippen molar-refractivity contribution in [3.05, 3.63) is 46.1 Å². The Kier molecular flexibility index (Phi) is 5.18. The fraction of sp³-hybridized carbons (Fsp3) is 0.545. The average molecular weight is 577 g/mol. The smallest absolute Gasteiger partial charge is 0.330 e. The molecule has 9 heteroatoms. The quantitative estimate of drug-likeness (QED) is 0.290. The molecule has 4 heterocycles. The number of carbonyl (C=O) groups excluding carboxylic acids is 2. The van der Waals surface area contributed by atoms with Crippen molar-refractivity contribution in [1.82, 2.24) is 0 Å². The van der Waals surface area contributed by atoms with Gasteiger partial charge >= 0.3 is 5.97 Å². The summed E-state index contributed by atoms with van der Waals surface area (Å²) in [5.41, 5.74) is -4.23. The zero-order valence-corrected chi connectivity index (χ0v) is 24.9. The summed E-state index contributed by atoms with van der Waals surface area (Å²) < 4.78 is 26.6. The van der Waals surface area contributed by atoms with Crippen molar-refractivity contribution in [2.45, 2.75) is 102 Å². The molecule has 4 aliphatic heterocycles. The lowest BCUT2D eigenvalue weighted by atomic mass is 9.46. The van der Waals surface area contributed by atoms with E-state index in [1.165, 1.54) is 13.0 Å². The Bertz CT molecular complexity index is 1610. The van der Waals surface area contributed by atoms with Gasteiger partial charge in [-0.3, -0.25) is 9.59 Å². The van der Waals surface area contributed by atoms with Gasteiger partial charge in [0.15, 0.2) is 17.0 Å². The Morgan fingerprint density at radius 2 is 1.79 bits per heavy atom. The molecule has 6 unspecified atom stereocenters. The number of carbonyl (C=O) groups is 3. The number of benzene rings is 1. The first-order valence-corrected chi connectivity index (χ1v) is 14.5. The standard InChI is InChI=1S/C33H36O9/c1-15(2)8-9-18-23-17(11-12-29(4,5)39-23)22(34)21-24(18)40-33-20-14-19(27-32(33,41-27)26(21)36)25(35)31(33,42-30(20,6)7)13-10-16(3)28(37)38/h8,10-12,19-20,27,34H,9,13-14H2,1-7H3,(H,37,38). The van der Waals surface area contributed by atoms with Crippen molar-refractivity contribution in [2.24, 2.45) is 11.8 Å². The number of aromatic hydroxyl groups is 1.